The Hall–Kier alpha value is -2.97. The van der Waals surface area contributed by atoms with Gasteiger partial charge in [0.15, 0.2) is 0 Å². The van der Waals surface area contributed by atoms with Gasteiger partial charge in [0.1, 0.15) is 17.8 Å². The number of hydrogen-bond acceptors (Lipinski definition) is 6. The number of benzene rings is 2. The maximum atomic E-state index is 12.5. The second kappa shape index (κ2) is 8.81. The molecule has 0 aliphatic heterocycles. The van der Waals surface area contributed by atoms with Gasteiger partial charge in [-0.15, -0.1) is 0 Å². The highest BCUT2D eigenvalue weighted by atomic mass is 79.9. The van der Waals surface area contributed by atoms with Gasteiger partial charge in [0, 0.05) is 22.7 Å². The van der Waals surface area contributed by atoms with Crippen molar-refractivity contribution < 1.29 is 23.5 Å². The number of halogens is 1. The molecule has 0 saturated heterocycles. The van der Waals surface area contributed by atoms with Gasteiger partial charge in [-0.2, -0.15) is 0 Å². The van der Waals surface area contributed by atoms with Crippen molar-refractivity contribution in [2.45, 2.75) is 0 Å². The first kappa shape index (κ1) is 19.8. The molecule has 0 aliphatic carbocycles. The normalized spacial score (nSPS) is 10.6. The van der Waals surface area contributed by atoms with Crippen molar-refractivity contribution in [1.82, 2.24) is 0 Å². The molecule has 2 aromatic carbocycles. The van der Waals surface area contributed by atoms with E-state index in [4.69, 9.17) is 13.9 Å². The van der Waals surface area contributed by atoms with Crippen LogP contribution in [-0.4, -0.2) is 32.2 Å². The zero-order valence-corrected chi connectivity index (χ0v) is 16.4. The van der Waals surface area contributed by atoms with Crippen molar-refractivity contribution in [3.63, 3.8) is 0 Å². The lowest BCUT2D eigenvalue weighted by molar-refractivity contribution is 0.0388. The molecule has 3 aromatic rings. The summed E-state index contributed by atoms with van der Waals surface area (Å²) in [5.74, 6) is -1.10. The number of carbonyl (C=O) groups excluding carboxylic acids is 2. The average molecular weight is 446 g/mol. The number of nitrogens with one attached hydrogen (secondary N) is 1. The van der Waals surface area contributed by atoms with Crippen molar-refractivity contribution in [2.24, 2.45) is 0 Å². The quantitative estimate of drug-likeness (QED) is 0.353. The fraction of sp³-hybridized carbons (Fsp3) is 0.150. The molecule has 0 bridgehead atoms. The number of rotatable bonds is 6. The molecule has 144 valence electrons. The summed E-state index contributed by atoms with van der Waals surface area (Å²) in [6, 6.07) is 12.7. The Kier molecular flexibility index (Phi) is 6.23. The van der Waals surface area contributed by atoms with Crippen molar-refractivity contribution >= 4 is 44.5 Å². The molecule has 0 atom stereocenters. The molecule has 1 aromatic heterocycles. The lowest BCUT2D eigenvalue weighted by Crippen LogP contribution is -2.20. The Morgan fingerprint density at radius 3 is 2.54 bits per heavy atom. The van der Waals surface area contributed by atoms with Crippen LogP contribution < -0.4 is 10.9 Å². The van der Waals surface area contributed by atoms with Gasteiger partial charge in [-0.1, -0.05) is 15.9 Å². The number of ether oxygens (including phenoxy) is 2. The van der Waals surface area contributed by atoms with Crippen LogP contribution in [0.1, 0.15) is 20.7 Å². The number of carbonyl (C=O) groups is 2. The molecule has 0 aliphatic rings. The Balaban J connectivity index is 1.74. The summed E-state index contributed by atoms with van der Waals surface area (Å²) in [6.45, 7) is 0.465. The minimum Gasteiger partial charge on any atom is -0.460 e. The molecular weight excluding hydrogens is 430 g/mol. The molecule has 1 amide bonds. The third-order valence-electron chi connectivity index (χ3n) is 3.84. The third kappa shape index (κ3) is 4.65. The molecule has 0 fully saturated rings. The van der Waals surface area contributed by atoms with Gasteiger partial charge in [-0.3, -0.25) is 4.79 Å². The summed E-state index contributed by atoms with van der Waals surface area (Å²) in [4.78, 5) is 36.4. The lowest BCUT2D eigenvalue weighted by Gasteiger charge is -2.07. The first-order chi connectivity index (χ1) is 13.5. The van der Waals surface area contributed by atoms with Gasteiger partial charge in [-0.05, 0) is 48.5 Å². The van der Waals surface area contributed by atoms with Crippen LogP contribution in [0.5, 0.6) is 0 Å². The van der Waals surface area contributed by atoms with E-state index in [1.807, 2.05) is 0 Å². The summed E-state index contributed by atoms with van der Waals surface area (Å²) in [6.07, 6.45) is 0. The minimum absolute atomic E-state index is 0.117. The molecule has 0 unspecified atom stereocenters. The van der Waals surface area contributed by atoms with Crippen LogP contribution in [-0.2, 0) is 9.47 Å². The highest BCUT2D eigenvalue weighted by molar-refractivity contribution is 9.10. The predicted molar refractivity (Wildman–Crippen MR) is 107 cm³/mol. The van der Waals surface area contributed by atoms with Crippen LogP contribution in [0.15, 0.2) is 62.2 Å². The van der Waals surface area contributed by atoms with E-state index in [0.29, 0.717) is 28.8 Å². The summed E-state index contributed by atoms with van der Waals surface area (Å²) in [5, 5.41) is 3.23. The molecule has 8 heteroatoms. The van der Waals surface area contributed by atoms with E-state index in [0.717, 1.165) is 4.47 Å². The molecule has 0 radical (unpaired) electrons. The van der Waals surface area contributed by atoms with Crippen molar-refractivity contribution in [3.05, 3.63) is 74.6 Å². The van der Waals surface area contributed by atoms with Crippen LogP contribution in [0.3, 0.4) is 0 Å². The monoisotopic (exact) mass is 445 g/mol. The Morgan fingerprint density at radius 1 is 1.07 bits per heavy atom. The van der Waals surface area contributed by atoms with Gasteiger partial charge < -0.3 is 19.2 Å². The molecule has 7 nitrogen and oxygen atoms in total. The predicted octanol–water partition coefficient (Wildman–Crippen LogP) is 3.61. The zero-order chi connectivity index (χ0) is 20.1. The molecule has 0 saturated carbocycles. The Morgan fingerprint density at radius 2 is 1.82 bits per heavy atom. The number of esters is 1. The number of fused-ring (bicyclic) bond motifs is 1. The second-order valence-corrected chi connectivity index (χ2v) is 6.71. The first-order valence-electron chi connectivity index (χ1n) is 8.29. The molecule has 1 N–H and O–H groups in total. The molecule has 3 rings (SSSR count). The lowest BCUT2D eigenvalue weighted by atomic mass is 10.1. The average Bonchev–Trinajstić information content (AvgIpc) is 2.68. The highest BCUT2D eigenvalue weighted by Gasteiger charge is 2.15. The van der Waals surface area contributed by atoms with E-state index in [-0.39, 0.29) is 12.2 Å². The van der Waals surface area contributed by atoms with E-state index in [1.165, 1.54) is 25.3 Å². The van der Waals surface area contributed by atoms with Crippen LogP contribution in [0, 0.1) is 0 Å². The number of anilines is 1. The molecular formula is C20H16BrNO6. The van der Waals surface area contributed by atoms with Gasteiger partial charge in [0.05, 0.1) is 12.2 Å². The third-order valence-corrected chi connectivity index (χ3v) is 4.33. The topological polar surface area (TPSA) is 94.8 Å². The number of amides is 1. The molecule has 1 heterocycles. The van der Waals surface area contributed by atoms with Gasteiger partial charge in [0.2, 0.25) is 0 Å². The van der Waals surface area contributed by atoms with Crippen LogP contribution in [0.2, 0.25) is 0 Å². The first-order valence-corrected chi connectivity index (χ1v) is 9.08. The fourth-order valence-corrected chi connectivity index (χ4v) is 2.82. The number of hydrogen-bond donors (Lipinski definition) is 1. The van der Waals surface area contributed by atoms with E-state index >= 15 is 0 Å². The van der Waals surface area contributed by atoms with Crippen LogP contribution in [0.25, 0.3) is 11.0 Å². The smallest absolute Gasteiger partial charge is 0.349 e. The largest absolute Gasteiger partial charge is 0.460 e. The van der Waals surface area contributed by atoms with Crippen LogP contribution >= 0.6 is 15.9 Å². The van der Waals surface area contributed by atoms with Crippen molar-refractivity contribution in [2.75, 3.05) is 25.6 Å². The van der Waals surface area contributed by atoms with E-state index in [1.54, 1.807) is 30.3 Å². The fourth-order valence-electron chi connectivity index (χ4n) is 2.44. The number of methoxy groups -OCH3 is 1. The molecule has 28 heavy (non-hydrogen) atoms. The maximum Gasteiger partial charge on any atom is 0.349 e. The van der Waals surface area contributed by atoms with Crippen molar-refractivity contribution in [3.8, 4) is 0 Å². The minimum atomic E-state index is -0.731. The van der Waals surface area contributed by atoms with E-state index < -0.39 is 17.5 Å². The van der Waals surface area contributed by atoms with Gasteiger partial charge >= 0.3 is 11.6 Å². The standard InChI is InChI=1S/C20H16BrNO6/c1-26-8-9-27-19(24)12-2-5-15(6-3-12)22-18(23)16-11-13-10-14(21)4-7-17(13)28-20(16)25/h2-7,10-11H,8-9H2,1H3,(H,22,23). The molecule has 0 spiro atoms. The summed E-state index contributed by atoms with van der Waals surface area (Å²) in [7, 11) is 1.51. The summed E-state index contributed by atoms with van der Waals surface area (Å²) >= 11 is 3.34. The zero-order valence-electron chi connectivity index (χ0n) is 14.9. The van der Waals surface area contributed by atoms with Crippen LogP contribution in [0.4, 0.5) is 5.69 Å². The summed E-state index contributed by atoms with van der Waals surface area (Å²) in [5.41, 5.74) is 0.303. The van der Waals surface area contributed by atoms with E-state index in [9.17, 15) is 14.4 Å². The van der Waals surface area contributed by atoms with Gasteiger partial charge in [0.25, 0.3) is 5.91 Å². The van der Waals surface area contributed by atoms with Crippen molar-refractivity contribution in [1.29, 1.82) is 0 Å². The summed E-state index contributed by atoms with van der Waals surface area (Å²) < 4.78 is 15.8. The van der Waals surface area contributed by atoms with E-state index in [2.05, 4.69) is 21.2 Å². The maximum absolute atomic E-state index is 12.5. The van der Waals surface area contributed by atoms with Gasteiger partial charge in [-0.25, -0.2) is 9.59 Å². The Bertz CT molecular complexity index is 1070. The SMILES string of the molecule is COCCOC(=O)c1ccc(NC(=O)c2cc3cc(Br)ccc3oc2=O)cc1. The highest BCUT2D eigenvalue weighted by Crippen LogP contribution is 2.20. The Labute approximate surface area is 168 Å². The second-order valence-electron chi connectivity index (χ2n) is 5.79.